The molecule has 5 N–H and O–H groups in total. The monoisotopic (exact) mass is 509 g/mol. The van der Waals surface area contributed by atoms with Crippen molar-refractivity contribution < 1.29 is 42.0 Å². The van der Waals surface area contributed by atoms with E-state index in [0.29, 0.717) is 39.2 Å². The molecule has 2 atom stereocenters. The Hall–Kier alpha value is -1.56. The Balaban J connectivity index is 2.31. The molecular formula is C17H27N4O8P2S+. The highest BCUT2D eigenvalue weighted by molar-refractivity contribution is 7.60. The summed E-state index contributed by atoms with van der Waals surface area (Å²) in [4.78, 5) is 48.8. The lowest BCUT2D eigenvalue weighted by atomic mass is 10.0. The minimum Gasteiger partial charge on any atom is -0.383 e. The Morgan fingerprint density at radius 1 is 1.31 bits per heavy atom. The number of phosphoric ester groups is 1. The second-order valence-corrected chi connectivity index (χ2v) is 11.0. The smallest absolute Gasteiger partial charge is 0.383 e. The van der Waals surface area contributed by atoms with Crippen LogP contribution in [0.15, 0.2) is 6.20 Å². The van der Waals surface area contributed by atoms with Gasteiger partial charge in [-0.2, -0.15) is 8.88 Å². The lowest BCUT2D eigenvalue weighted by molar-refractivity contribution is -0.691. The van der Waals surface area contributed by atoms with E-state index in [9.17, 15) is 18.8 Å². The molecular weight excluding hydrogens is 482 g/mol. The van der Waals surface area contributed by atoms with Gasteiger partial charge in [0, 0.05) is 25.5 Å². The van der Waals surface area contributed by atoms with Crippen LogP contribution in [0, 0.1) is 19.8 Å². The summed E-state index contributed by atoms with van der Waals surface area (Å²) in [6, 6.07) is 0. The number of Topliss-reactive ketones (excluding diaryl/α,β-unsaturated/α-hetero) is 1. The molecule has 2 rings (SSSR count). The van der Waals surface area contributed by atoms with Gasteiger partial charge in [0.2, 0.25) is 5.78 Å². The van der Waals surface area contributed by atoms with Crippen molar-refractivity contribution in [2.24, 2.45) is 5.92 Å². The molecule has 1 unspecified atom stereocenters. The third kappa shape index (κ3) is 7.23. The maximum atomic E-state index is 13.0. The van der Waals surface area contributed by atoms with Gasteiger partial charge in [-0.25, -0.2) is 19.1 Å². The summed E-state index contributed by atoms with van der Waals surface area (Å²) in [6.45, 7) is 7.14. The van der Waals surface area contributed by atoms with Crippen molar-refractivity contribution in [3.05, 3.63) is 33.2 Å². The molecule has 0 bridgehead atoms. The second kappa shape index (κ2) is 10.6. The van der Waals surface area contributed by atoms with Crippen LogP contribution in [0.5, 0.6) is 0 Å². The number of anilines is 1. The van der Waals surface area contributed by atoms with Crippen LogP contribution in [0.25, 0.3) is 0 Å². The van der Waals surface area contributed by atoms with Gasteiger partial charge in [0.05, 0.1) is 17.0 Å². The van der Waals surface area contributed by atoms with Crippen molar-refractivity contribution in [1.29, 1.82) is 0 Å². The standard InChI is InChI=1S/C17H26N4O8P2S/c1-5-10(2)15(22)17-21(9-13-8-19-12(4)20-16(13)18)11(3)14(32-17)6-7-28-31(26,27)29-30(23,24)25/h8,10H,5-7,9H2,1-4H3,(H4-,18,19,20,23,24,25,26,27)/p+1/t10-/m0/s1. The molecule has 0 aliphatic carbocycles. The van der Waals surface area contributed by atoms with Crippen LogP contribution in [0.1, 0.15) is 52.0 Å². The Morgan fingerprint density at radius 2 is 1.97 bits per heavy atom. The number of thiazole rings is 1. The average molecular weight is 509 g/mol. The lowest BCUT2D eigenvalue weighted by Crippen LogP contribution is -2.42. The number of carbonyl (C=O) groups excluding carboxylic acids is 1. The third-order valence-electron chi connectivity index (χ3n) is 4.68. The van der Waals surface area contributed by atoms with Gasteiger partial charge in [-0.3, -0.25) is 9.32 Å². The van der Waals surface area contributed by atoms with Gasteiger partial charge in [0.15, 0.2) is 12.2 Å². The topological polar surface area (TPSA) is 186 Å². The van der Waals surface area contributed by atoms with Crippen molar-refractivity contribution in [1.82, 2.24) is 9.97 Å². The van der Waals surface area contributed by atoms with E-state index in [1.54, 1.807) is 24.6 Å². The fourth-order valence-corrected chi connectivity index (χ4v) is 5.64. The minimum absolute atomic E-state index is 0.0583. The van der Waals surface area contributed by atoms with E-state index in [-0.39, 0.29) is 31.3 Å². The molecule has 2 aromatic heterocycles. The number of nitrogens with two attached hydrogens (primary N) is 1. The first-order valence-corrected chi connectivity index (χ1v) is 13.5. The van der Waals surface area contributed by atoms with Gasteiger partial charge in [0.25, 0.3) is 0 Å². The zero-order valence-corrected chi connectivity index (χ0v) is 20.7. The highest BCUT2D eigenvalue weighted by Crippen LogP contribution is 2.57. The highest BCUT2D eigenvalue weighted by Gasteiger charge is 2.34. The van der Waals surface area contributed by atoms with Crippen LogP contribution in [-0.2, 0) is 30.9 Å². The van der Waals surface area contributed by atoms with Crippen molar-refractivity contribution in [3.8, 4) is 0 Å². The number of aromatic nitrogens is 3. The highest BCUT2D eigenvalue weighted by atomic mass is 32.1. The molecule has 2 heterocycles. The van der Waals surface area contributed by atoms with Gasteiger partial charge < -0.3 is 20.4 Å². The van der Waals surface area contributed by atoms with Gasteiger partial charge in [-0.15, -0.1) is 0 Å². The van der Waals surface area contributed by atoms with Crippen molar-refractivity contribution >= 4 is 38.6 Å². The lowest BCUT2D eigenvalue weighted by Gasteiger charge is -2.11. The number of ketones is 1. The van der Waals surface area contributed by atoms with E-state index >= 15 is 0 Å². The van der Waals surface area contributed by atoms with E-state index in [4.69, 9.17) is 15.5 Å². The van der Waals surface area contributed by atoms with Crippen LogP contribution in [-0.4, -0.2) is 37.0 Å². The third-order valence-corrected chi connectivity index (χ3v) is 8.23. The molecule has 0 radical (unpaired) electrons. The number of aryl methyl sites for hydroxylation is 1. The van der Waals surface area contributed by atoms with Crippen molar-refractivity contribution in [2.45, 2.75) is 47.1 Å². The molecule has 12 nitrogen and oxygen atoms in total. The van der Waals surface area contributed by atoms with Gasteiger partial charge in [-0.1, -0.05) is 25.2 Å². The molecule has 15 heteroatoms. The first kappa shape index (κ1) is 26.7. The number of nitrogens with zero attached hydrogens (tertiary/aromatic N) is 3. The SMILES string of the molecule is CC[C@H](C)C(=O)c1sc(CCOP(=O)(O)OP(=O)(O)O)c(C)[n+]1Cc1cnc(C)nc1N. The van der Waals surface area contributed by atoms with E-state index in [1.807, 2.05) is 13.8 Å². The van der Waals surface area contributed by atoms with E-state index in [2.05, 4.69) is 18.8 Å². The van der Waals surface area contributed by atoms with Gasteiger partial charge >= 0.3 is 20.7 Å². The zero-order chi connectivity index (χ0) is 24.3. The van der Waals surface area contributed by atoms with Crippen LogP contribution in [0.2, 0.25) is 0 Å². The van der Waals surface area contributed by atoms with Gasteiger partial charge in [-0.05, 0) is 13.3 Å². The summed E-state index contributed by atoms with van der Waals surface area (Å²) >= 11 is 1.22. The van der Waals surface area contributed by atoms with Crippen molar-refractivity contribution in [2.75, 3.05) is 12.3 Å². The number of phosphoric acid groups is 2. The number of hydrogen-bond donors (Lipinski definition) is 4. The number of rotatable bonds is 11. The molecule has 0 aliphatic heterocycles. The molecule has 0 aliphatic rings. The molecule has 0 spiro atoms. The quantitative estimate of drug-likeness (QED) is 0.197. The summed E-state index contributed by atoms with van der Waals surface area (Å²) in [6.07, 6.45) is 2.36. The summed E-state index contributed by atoms with van der Waals surface area (Å²) in [5, 5.41) is 0.477. The Morgan fingerprint density at radius 3 is 2.53 bits per heavy atom. The van der Waals surface area contributed by atoms with Crippen LogP contribution in [0.4, 0.5) is 5.82 Å². The number of hydrogen-bond acceptors (Lipinski definition) is 9. The maximum Gasteiger partial charge on any atom is 0.481 e. The first-order valence-electron chi connectivity index (χ1n) is 9.62. The molecule has 0 saturated heterocycles. The van der Waals surface area contributed by atoms with E-state index in [0.717, 1.165) is 0 Å². The summed E-state index contributed by atoms with van der Waals surface area (Å²) in [5.74, 6) is 0.553. The summed E-state index contributed by atoms with van der Waals surface area (Å²) in [7, 11) is -10.1. The Kier molecular flexibility index (Phi) is 8.82. The van der Waals surface area contributed by atoms with E-state index in [1.165, 1.54) is 11.3 Å². The van der Waals surface area contributed by atoms with Crippen LogP contribution < -0.4 is 10.3 Å². The number of nitrogen functional groups attached to an aromatic ring is 1. The Bertz CT molecular complexity index is 1090. The number of carbonyl (C=O) groups is 1. The molecule has 32 heavy (non-hydrogen) atoms. The van der Waals surface area contributed by atoms with E-state index < -0.39 is 15.6 Å². The normalized spacial score (nSPS) is 14.8. The molecule has 0 saturated carbocycles. The minimum atomic E-state index is -5.20. The fraction of sp³-hybridized carbons (Fsp3) is 0.529. The predicted octanol–water partition coefficient (Wildman–Crippen LogP) is 2.07. The average Bonchev–Trinajstić information content (AvgIpc) is 2.96. The van der Waals surface area contributed by atoms with Gasteiger partial charge in [0.1, 0.15) is 11.6 Å². The molecule has 2 aromatic rings. The van der Waals surface area contributed by atoms with Crippen molar-refractivity contribution in [3.63, 3.8) is 0 Å². The summed E-state index contributed by atoms with van der Waals surface area (Å²) in [5.41, 5.74) is 7.37. The van der Waals surface area contributed by atoms with Crippen LogP contribution >= 0.6 is 27.0 Å². The van der Waals surface area contributed by atoms with Crippen LogP contribution in [0.3, 0.4) is 0 Å². The second-order valence-electron chi connectivity index (χ2n) is 7.13. The zero-order valence-electron chi connectivity index (χ0n) is 18.1. The maximum absolute atomic E-state index is 13.0. The fourth-order valence-electron chi connectivity index (χ4n) is 2.77. The largest absolute Gasteiger partial charge is 0.481 e. The molecule has 0 amide bonds. The Labute approximate surface area is 189 Å². The molecule has 0 aromatic carbocycles. The predicted molar refractivity (Wildman–Crippen MR) is 116 cm³/mol. The summed E-state index contributed by atoms with van der Waals surface area (Å²) < 4.78 is 32.7. The first-order chi connectivity index (χ1) is 14.7. The molecule has 178 valence electrons. The molecule has 0 fully saturated rings.